The minimum Gasteiger partial charge on any atom is -0.356 e. The summed E-state index contributed by atoms with van der Waals surface area (Å²) in [6, 6.07) is 1.58. The van der Waals surface area contributed by atoms with Crippen molar-refractivity contribution in [2.75, 3.05) is 6.54 Å². The molecule has 4 heteroatoms. The number of ketones is 1. The van der Waals surface area contributed by atoms with Crippen molar-refractivity contribution in [3.63, 3.8) is 0 Å². The van der Waals surface area contributed by atoms with Gasteiger partial charge in [0.15, 0.2) is 5.78 Å². The van der Waals surface area contributed by atoms with E-state index in [0.29, 0.717) is 17.8 Å². The van der Waals surface area contributed by atoms with E-state index in [-0.39, 0.29) is 11.7 Å². The molecule has 1 aromatic rings. The van der Waals surface area contributed by atoms with Gasteiger partial charge in [0.25, 0.3) is 5.91 Å². The zero-order valence-electron chi connectivity index (χ0n) is 9.80. The molecule has 0 unspecified atom stereocenters. The third kappa shape index (κ3) is 3.53. The maximum atomic E-state index is 11.6. The quantitative estimate of drug-likeness (QED) is 0.572. The SMILES string of the molecule is CCCCCNC(=O)c1cc(C(C)=O)c[nH]1. The second kappa shape index (κ2) is 6.10. The van der Waals surface area contributed by atoms with E-state index in [1.165, 1.54) is 6.92 Å². The predicted octanol–water partition coefficient (Wildman–Crippen LogP) is 2.14. The molecule has 0 radical (unpaired) electrons. The van der Waals surface area contributed by atoms with Gasteiger partial charge in [-0.1, -0.05) is 19.8 Å². The average molecular weight is 222 g/mol. The summed E-state index contributed by atoms with van der Waals surface area (Å²) in [5.74, 6) is -0.190. The van der Waals surface area contributed by atoms with E-state index >= 15 is 0 Å². The molecule has 0 bridgehead atoms. The van der Waals surface area contributed by atoms with Gasteiger partial charge in [-0.2, -0.15) is 0 Å². The molecule has 0 aliphatic carbocycles. The number of hydrogen-bond acceptors (Lipinski definition) is 2. The monoisotopic (exact) mass is 222 g/mol. The van der Waals surface area contributed by atoms with Crippen LogP contribution in [0, 0.1) is 0 Å². The van der Waals surface area contributed by atoms with Gasteiger partial charge < -0.3 is 10.3 Å². The van der Waals surface area contributed by atoms with E-state index in [2.05, 4.69) is 17.2 Å². The molecular formula is C12H18N2O2. The molecule has 1 aromatic heterocycles. The highest BCUT2D eigenvalue weighted by Crippen LogP contribution is 2.04. The highest BCUT2D eigenvalue weighted by molar-refractivity contribution is 5.98. The summed E-state index contributed by atoms with van der Waals surface area (Å²) in [7, 11) is 0. The topological polar surface area (TPSA) is 62.0 Å². The lowest BCUT2D eigenvalue weighted by atomic mass is 10.2. The maximum absolute atomic E-state index is 11.6. The Hall–Kier alpha value is -1.58. The van der Waals surface area contributed by atoms with E-state index in [1.807, 2.05) is 0 Å². The second-order valence-electron chi connectivity index (χ2n) is 3.82. The Morgan fingerprint density at radius 2 is 2.12 bits per heavy atom. The highest BCUT2D eigenvalue weighted by Gasteiger charge is 2.09. The summed E-state index contributed by atoms with van der Waals surface area (Å²) >= 11 is 0. The molecule has 1 amide bonds. The fourth-order valence-electron chi connectivity index (χ4n) is 1.40. The first-order valence-electron chi connectivity index (χ1n) is 5.62. The van der Waals surface area contributed by atoms with Gasteiger partial charge in [0.05, 0.1) is 0 Å². The van der Waals surface area contributed by atoms with Crippen molar-refractivity contribution in [3.8, 4) is 0 Å². The van der Waals surface area contributed by atoms with E-state index < -0.39 is 0 Å². The van der Waals surface area contributed by atoms with Crippen molar-refractivity contribution in [2.45, 2.75) is 33.1 Å². The van der Waals surface area contributed by atoms with Gasteiger partial charge >= 0.3 is 0 Å². The molecule has 1 heterocycles. The second-order valence-corrected chi connectivity index (χ2v) is 3.82. The summed E-state index contributed by atoms with van der Waals surface area (Å²) in [6.07, 6.45) is 4.79. The molecule has 0 atom stereocenters. The van der Waals surface area contributed by atoms with Crippen molar-refractivity contribution in [2.24, 2.45) is 0 Å². The normalized spacial score (nSPS) is 10.1. The lowest BCUT2D eigenvalue weighted by Crippen LogP contribution is -2.24. The number of unbranched alkanes of at least 4 members (excludes halogenated alkanes) is 2. The zero-order chi connectivity index (χ0) is 12.0. The van der Waals surface area contributed by atoms with Gasteiger partial charge in [0.2, 0.25) is 0 Å². The van der Waals surface area contributed by atoms with Crippen molar-refractivity contribution in [1.29, 1.82) is 0 Å². The fourth-order valence-corrected chi connectivity index (χ4v) is 1.40. The van der Waals surface area contributed by atoms with Crippen LogP contribution in [0.3, 0.4) is 0 Å². The first-order chi connectivity index (χ1) is 7.65. The minimum atomic E-state index is -0.149. The first kappa shape index (κ1) is 12.5. The van der Waals surface area contributed by atoms with Crippen molar-refractivity contribution in [1.82, 2.24) is 10.3 Å². The first-order valence-corrected chi connectivity index (χ1v) is 5.62. The van der Waals surface area contributed by atoms with Crippen LogP contribution in [-0.2, 0) is 0 Å². The summed E-state index contributed by atoms with van der Waals surface area (Å²) in [5, 5.41) is 2.80. The molecule has 0 spiro atoms. The molecule has 0 aliphatic rings. The Bertz CT molecular complexity index is 369. The summed E-state index contributed by atoms with van der Waals surface area (Å²) in [5.41, 5.74) is 0.986. The van der Waals surface area contributed by atoms with Crippen molar-refractivity contribution in [3.05, 3.63) is 23.5 Å². The van der Waals surface area contributed by atoms with E-state index in [1.54, 1.807) is 12.3 Å². The Kier molecular flexibility index (Phi) is 4.76. The number of hydrogen-bond donors (Lipinski definition) is 2. The van der Waals surface area contributed by atoms with Crippen LogP contribution in [0.4, 0.5) is 0 Å². The molecule has 1 rings (SSSR count). The van der Waals surface area contributed by atoms with E-state index in [0.717, 1.165) is 19.3 Å². The van der Waals surface area contributed by atoms with Gasteiger partial charge in [-0.25, -0.2) is 0 Å². The number of H-pyrrole nitrogens is 1. The zero-order valence-corrected chi connectivity index (χ0v) is 9.80. The Morgan fingerprint density at radius 3 is 2.69 bits per heavy atom. The molecule has 4 nitrogen and oxygen atoms in total. The smallest absolute Gasteiger partial charge is 0.267 e. The molecule has 0 aromatic carbocycles. The van der Waals surface area contributed by atoms with Crippen molar-refractivity contribution >= 4 is 11.7 Å². The maximum Gasteiger partial charge on any atom is 0.267 e. The molecule has 16 heavy (non-hydrogen) atoms. The minimum absolute atomic E-state index is 0.0405. The van der Waals surface area contributed by atoms with Crippen LogP contribution < -0.4 is 5.32 Å². The lowest BCUT2D eigenvalue weighted by molar-refractivity contribution is 0.0948. The standard InChI is InChI=1S/C12H18N2O2/c1-3-4-5-6-13-12(16)11-7-10(8-14-11)9(2)15/h7-8,14H,3-6H2,1-2H3,(H,13,16). The highest BCUT2D eigenvalue weighted by atomic mass is 16.2. The van der Waals surface area contributed by atoms with E-state index in [4.69, 9.17) is 0 Å². The van der Waals surface area contributed by atoms with Crippen LogP contribution in [0.15, 0.2) is 12.3 Å². The van der Waals surface area contributed by atoms with Gasteiger partial charge in [-0.15, -0.1) is 0 Å². The van der Waals surface area contributed by atoms with Crippen LogP contribution in [0.5, 0.6) is 0 Å². The summed E-state index contributed by atoms with van der Waals surface area (Å²) < 4.78 is 0. The number of carbonyl (C=O) groups is 2. The summed E-state index contributed by atoms with van der Waals surface area (Å²) in [4.78, 5) is 25.4. The molecule has 0 saturated heterocycles. The van der Waals surface area contributed by atoms with Gasteiger partial charge in [0.1, 0.15) is 5.69 Å². The Morgan fingerprint density at radius 1 is 1.38 bits per heavy atom. The number of aromatic nitrogens is 1. The third-order valence-electron chi connectivity index (χ3n) is 2.40. The number of aromatic amines is 1. The van der Waals surface area contributed by atoms with Crippen molar-refractivity contribution < 1.29 is 9.59 Å². The molecule has 0 fully saturated rings. The number of rotatable bonds is 6. The predicted molar refractivity (Wildman–Crippen MR) is 62.7 cm³/mol. The van der Waals surface area contributed by atoms with E-state index in [9.17, 15) is 9.59 Å². The molecule has 2 N–H and O–H groups in total. The fraction of sp³-hybridized carbons (Fsp3) is 0.500. The molecular weight excluding hydrogens is 204 g/mol. The Labute approximate surface area is 95.4 Å². The van der Waals surface area contributed by atoms with Crippen LogP contribution in [-0.4, -0.2) is 23.2 Å². The number of nitrogens with one attached hydrogen (secondary N) is 2. The van der Waals surface area contributed by atoms with Crippen LogP contribution in [0.1, 0.15) is 54.0 Å². The largest absolute Gasteiger partial charge is 0.356 e. The van der Waals surface area contributed by atoms with Crippen LogP contribution in [0.25, 0.3) is 0 Å². The van der Waals surface area contributed by atoms with Gasteiger partial charge in [-0.05, 0) is 19.4 Å². The molecule has 88 valence electrons. The lowest BCUT2D eigenvalue weighted by Gasteiger charge is -2.02. The number of Topliss-reactive ketones (excluding diaryl/α,β-unsaturated/α-hetero) is 1. The van der Waals surface area contributed by atoms with Crippen LogP contribution in [0.2, 0.25) is 0 Å². The number of amides is 1. The molecule has 0 aliphatic heterocycles. The summed E-state index contributed by atoms with van der Waals surface area (Å²) in [6.45, 7) is 4.28. The number of carbonyl (C=O) groups excluding carboxylic acids is 2. The Balaban J connectivity index is 2.43. The van der Waals surface area contributed by atoms with Crippen LogP contribution >= 0.6 is 0 Å². The molecule has 0 saturated carbocycles. The third-order valence-corrected chi connectivity index (χ3v) is 2.40. The van der Waals surface area contributed by atoms with Gasteiger partial charge in [0, 0.05) is 18.3 Å². The van der Waals surface area contributed by atoms with Gasteiger partial charge in [-0.3, -0.25) is 9.59 Å². The average Bonchev–Trinajstić information content (AvgIpc) is 2.73.